The molecule has 18 heavy (non-hydrogen) atoms. The molecule has 1 aliphatic rings. The van der Waals surface area contributed by atoms with Crippen LogP contribution >= 0.6 is 28.3 Å². The first-order valence-electron chi connectivity index (χ1n) is 6.12. The predicted octanol–water partition coefficient (Wildman–Crippen LogP) is 3.37. The third-order valence-corrected chi connectivity index (χ3v) is 3.79. The second kappa shape index (κ2) is 7.43. The number of rotatable bonds is 3. The van der Waals surface area contributed by atoms with E-state index in [1.807, 2.05) is 6.07 Å². The summed E-state index contributed by atoms with van der Waals surface area (Å²) < 4.78 is 14.8. The highest BCUT2D eigenvalue weighted by Gasteiger charge is 2.23. The van der Waals surface area contributed by atoms with Crippen LogP contribution < -0.4 is 5.32 Å². The van der Waals surface area contributed by atoms with Crippen molar-refractivity contribution >= 4 is 28.3 Å². The molecule has 1 saturated heterocycles. The van der Waals surface area contributed by atoms with Crippen molar-refractivity contribution < 1.29 is 4.39 Å². The van der Waals surface area contributed by atoms with Gasteiger partial charge in [0, 0.05) is 42.3 Å². The molecule has 5 heteroatoms. The summed E-state index contributed by atoms with van der Waals surface area (Å²) in [6.45, 7) is 6.08. The van der Waals surface area contributed by atoms with Gasteiger partial charge < -0.3 is 5.32 Å². The van der Waals surface area contributed by atoms with Crippen molar-refractivity contribution in [3.05, 3.63) is 34.1 Å². The Morgan fingerprint density at radius 3 is 2.67 bits per heavy atom. The standard InChI is InChI=1S/C13H18BrFN2.ClH/c1-2-13(17-7-5-16-6-8-17)11-9-10(14)3-4-12(11)15;/h3-4,9,13,16H,2,5-8H2,1H3;1H/t13-;/m0./s1. The number of hydrogen-bond donors (Lipinski definition) is 1. The molecule has 0 spiro atoms. The van der Waals surface area contributed by atoms with E-state index < -0.39 is 0 Å². The van der Waals surface area contributed by atoms with Crippen molar-refractivity contribution in [2.45, 2.75) is 19.4 Å². The molecular formula is C13H19BrClFN2. The minimum atomic E-state index is -0.0985. The van der Waals surface area contributed by atoms with Gasteiger partial charge in [0.1, 0.15) is 5.82 Å². The first-order valence-corrected chi connectivity index (χ1v) is 6.91. The maximum atomic E-state index is 13.9. The van der Waals surface area contributed by atoms with Gasteiger partial charge >= 0.3 is 0 Å². The minimum absolute atomic E-state index is 0. The van der Waals surface area contributed by atoms with Crippen molar-refractivity contribution in [3.8, 4) is 0 Å². The van der Waals surface area contributed by atoms with Crippen LogP contribution in [0.25, 0.3) is 0 Å². The molecule has 0 bridgehead atoms. The molecule has 1 atom stereocenters. The second-order valence-electron chi connectivity index (χ2n) is 4.38. The number of halogens is 3. The highest BCUT2D eigenvalue weighted by atomic mass is 79.9. The monoisotopic (exact) mass is 336 g/mol. The fourth-order valence-corrected chi connectivity index (χ4v) is 2.82. The molecule has 1 heterocycles. The second-order valence-corrected chi connectivity index (χ2v) is 5.29. The molecule has 0 saturated carbocycles. The van der Waals surface area contributed by atoms with E-state index in [4.69, 9.17) is 0 Å². The Balaban J connectivity index is 0.00000162. The highest BCUT2D eigenvalue weighted by Crippen LogP contribution is 2.28. The molecule has 2 nitrogen and oxygen atoms in total. The number of nitrogens with one attached hydrogen (secondary N) is 1. The molecule has 102 valence electrons. The smallest absolute Gasteiger partial charge is 0.128 e. The van der Waals surface area contributed by atoms with Gasteiger partial charge in [-0.25, -0.2) is 4.39 Å². The zero-order valence-corrected chi connectivity index (χ0v) is 12.9. The molecule has 0 amide bonds. The van der Waals surface area contributed by atoms with E-state index in [-0.39, 0.29) is 24.3 Å². The van der Waals surface area contributed by atoms with Gasteiger partial charge in [-0.3, -0.25) is 4.90 Å². The Morgan fingerprint density at radius 2 is 2.06 bits per heavy atom. The third kappa shape index (κ3) is 3.67. The molecule has 0 aliphatic carbocycles. The lowest BCUT2D eigenvalue weighted by Crippen LogP contribution is -2.45. The molecule has 2 rings (SSSR count). The first kappa shape index (κ1) is 15.9. The van der Waals surface area contributed by atoms with Crippen molar-refractivity contribution in [2.24, 2.45) is 0 Å². The normalized spacial score (nSPS) is 18.2. The van der Waals surface area contributed by atoms with Gasteiger partial charge in [0.2, 0.25) is 0 Å². The molecule has 1 aromatic carbocycles. The van der Waals surface area contributed by atoms with Crippen molar-refractivity contribution in [2.75, 3.05) is 26.2 Å². The van der Waals surface area contributed by atoms with Crippen molar-refractivity contribution in [3.63, 3.8) is 0 Å². The van der Waals surface area contributed by atoms with E-state index in [9.17, 15) is 4.39 Å². The van der Waals surface area contributed by atoms with E-state index in [1.54, 1.807) is 12.1 Å². The fraction of sp³-hybridized carbons (Fsp3) is 0.538. The van der Waals surface area contributed by atoms with E-state index in [0.29, 0.717) is 0 Å². The van der Waals surface area contributed by atoms with Crippen LogP contribution in [0.2, 0.25) is 0 Å². The maximum absolute atomic E-state index is 13.9. The molecule has 0 unspecified atom stereocenters. The van der Waals surface area contributed by atoms with E-state index in [1.165, 1.54) is 0 Å². The molecule has 1 aromatic rings. The van der Waals surface area contributed by atoms with Crippen LogP contribution in [0.4, 0.5) is 4.39 Å². The summed E-state index contributed by atoms with van der Waals surface area (Å²) in [6, 6.07) is 5.40. The lowest BCUT2D eigenvalue weighted by Gasteiger charge is -2.34. The predicted molar refractivity (Wildman–Crippen MR) is 78.8 cm³/mol. The summed E-state index contributed by atoms with van der Waals surface area (Å²) in [5, 5.41) is 3.33. The zero-order valence-electron chi connectivity index (χ0n) is 10.5. The van der Waals surface area contributed by atoms with Crippen molar-refractivity contribution in [1.82, 2.24) is 10.2 Å². The van der Waals surface area contributed by atoms with Gasteiger partial charge in [0.25, 0.3) is 0 Å². The van der Waals surface area contributed by atoms with E-state index in [2.05, 4.69) is 33.1 Å². The molecular weight excluding hydrogens is 319 g/mol. The van der Waals surface area contributed by atoms with Crippen LogP contribution in [0.5, 0.6) is 0 Å². The fourth-order valence-electron chi connectivity index (χ4n) is 2.44. The zero-order chi connectivity index (χ0) is 12.3. The molecule has 1 fully saturated rings. The summed E-state index contributed by atoms with van der Waals surface area (Å²) in [4.78, 5) is 2.36. The van der Waals surface area contributed by atoms with Gasteiger partial charge in [0.05, 0.1) is 0 Å². The van der Waals surface area contributed by atoms with Gasteiger partial charge in [-0.2, -0.15) is 0 Å². The number of hydrogen-bond acceptors (Lipinski definition) is 2. The molecule has 1 N–H and O–H groups in total. The van der Waals surface area contributed by atoms with Crippen LogP contribution in [0.3, 0.4) is 0 Å². The van der Waals surface area contributed by atoms with Crippen LogP contribution in [0.1, 0.15) is 24.9 Å². The summed E-state index contributed by atoms with van der Waals surface area (Å²) in [6.07, 6.45) is 0.938. The van der Waals surface area contributed by atoms with Gasteiger partial charge in [-0.05, 0) is 24.6 Å². The Morgan fingerprint density at radius 1 is 1.39 bits per heavy atom. The Hall–Kier alpha value is -0.160. The Labute approximate surface area is 122 Å². The van der Waals surface area contributed by atoms with E-state index in [0.717, 1.165) is 42.6 Å². The van der Waals surface area contributed by atoms with Gasteiger partial charge in [-0.1, -0.05) is 22.9 Å². The van der Waals surface area contributed by atoms with E-state index >= 15 is 0 Å². The highest BCUT2D eigenvalue weighted by molar-refractivity contribution is 9.10. The summed E-state index contributed by atoms with van der Waals surface area (Å²) >= 11 is 3.42. The molecule has 0 radical (unpaired) electrons. The quantitative estimate of drug-likeness (QED) is 0.910. The largest absolute Gasteiger partial charge is 0.314 e. The Bertz CT molecular complexity index is 383. The third-order valence-electron chi connectivity index (χ3n) is 3.30. The van der Waals surface area contributed by atoms with Gasteiger partial charge in [-0.15, -0.1) is 12.4 Å². The average Bonchev–Trinajstić information content (AvgIpc) is 2.36. The van der Waals surface area contributed by atoms with Gasteiger partial charge in [0.15, 0.2) is 0 Å². The number of benzene rings is 1. The number of piperazine rings is 1. The minimum Gasteiger partial charge on any atom is -0.314 e. The first-order chi connectivity index (χ1) is 8.22. The van der Waals surface area contributed by atoms with Crippen molar-refractivity contribution in [1.29, 1.82) is 0 Å². The number of nitrogens with zero attached hydrogens (tertiary/aromatic N) is 1. The molecule has 0 aromatic heterocycles. The molecule has 1 aliphatic heterocycles. The SMILES string of the molecule is CC[C@@H](c1cc(Br)ccc1F)N1CCNCC1.Cl. The lowest BCUT2D eigenvalue weighted by atomic mass is 10.0. The lowest BCUT2D eigenvalue weighted by molar-refractivity contribution is 0.166. The Kier molecular flexibility index (Phi) is 6.57. The average molecular weight is 338 g/mol. The summed E-state index contributed by atoms with van der Waals surface area (Å²) in [7, 11) is 0. The van der Waals surface area contributed by atoms with Crippen LogP contribution in [-0.2, 0) is 0 Å². The van der Waals surface area contributed by atoms with Crippen LogP contribution in [-0.4, -0.2) is 31.1 Å². The van der Waals surface area contributed by atoms with Crippen LogP contribution in [0.15, 0.2) is 22.7 Å². The summed E-state index contributed by atoms with van der Waals surface area (Å²) in [5.41, 5.74) is 0.809. The van der Waals surface area contributed by atoms with Crippen LogP contribution in [0, 0.1) is 5.82 Å². The maximum Gasteiger partial charge on any atom is 0.128 e. The summed E-state index contributed by atoms with van der Waals surface area (Å²) in [5.74, 6) is -0.0985. The topological polar surface area (TPSA) is 15.3 Å².